The van der Waals surface area contributed by atoms with Gasteiger partial charge in [0.15, 0.2) is 0 Å². The molecule has 0 unspecified atom stereocenters. The number of unbranched alkanes of at least 4 members (excludes halogenated alkanes) is 1. The Morgan fingerprint density at radius 3 is 2.57 bits per heavy atom. The molecule has 0 aliphatic carbocycles. The zero-order valence-electron chi connectivity index (χ0n) is 13.1. The number of carbonyl (C=O) groups is 3. The molecule has 0 spiro atoms. The summed E-state index contributed by atoms with van der Waals surface area (Å²) in [6.45, 7) is 2.08. The first-order chi connectivity index (χ1) is 10.9. The fourth-order valence-corrected chi connectivity index (χ4v) is 1.84. The van der Waals surface area contributed by atoms with Crippen molar-refractivity contribution in [2.75, 3.05) is 0 Å². The van der Waals surface area contributed by atoms with Crippen molar-refractivity contribution in [3.63, 3.8) is 0 Å². The van der Waals surface area contributed by atoms with Crippen LogP contribution in [-0.4, -0.2) is 38.9 Å². The standard InChI is InChI=1S/C15H22N4O4/c1-2-3-4-10-5-7-12(18-9-10)14(21)19(17)13(20)8-6-11(16)15(22)23/h5,7,9,11H,2-4,6,8,16-17H2,1H3,(H,22,23)/t11-/m0/s1. The molecule has 0 saturated heterocycles. The maximum Gasteiger partial charge on any atom is 0.320 e. The predicted molar refractivity (Wildman–Crippen MR) is 83.1 cm³/mol. The molecule has 0 saturated carbocycles. The Morgan fingerprint density at radius 2 is 2.04 bits per heavy atom. The molecule has 0 radical (unpaired) electrons. The van der Waals surface area contributed by atoms with E-state index in [9.17, 15) is 14.4 Å². The zero-order chi connectivity index (χ0) is 17.4. The van der Waals surface area contributed by atoms with Crippen LogP contribution in [0.2, 0.25) is 0 Å². The van der Waals surface area contributed by atoms with Gasteiger partial charge in [0.05, 0.1) is 0 Å². The van der Waals surface area contributed by atoms with E-state index in [1.165, 1.54) is 6.07 Å². The maximum atomic E-state index is 12.1. The minimum absolute atomic E-state index is 0.0589. The molecule has 0 fully saturated rings. The Balaban J connectivity index is 2.61. The molecule has 1 heterocycles. The second kappa shape index (κ2) is 8.96. The van der Waals surface area contributed by atoms with Crippen LogP contribution in [0.25, 0.3) is 0 Å². The van der Waals surface area contributed by atoms with Crippen molar-refractivity contribution in [2.24, 2.45) is 11.6 Å². The van der Waals surface area contributed by atoms with Crippen molar-refractivity contribution in [3.8, 4) is 0 Å². The summed E-state index contributed by atoms with van der Waals surface area (Å²) in [5, 5.41) is 9.10. The number of hydrogen-bond donors (Lipinski definition) is 3. The Morgan fingerprint density at radius 1 is 1.35 bits per heavy atom. The van der Waals surface area contributed by atoms with E-state index in [-0.39, 0.29) is 18.5 Å². The third kappa shape index (κ3) is 5.76. The SMILES string of the molecule is CCCCc1ccc(C(=O)N(N)C(=O)CC[C@H](N)C(=O)O)nc1. The van der Waals surface area contributed by atoms with Crippen molar-refractivity contribution in [2.45, 2.75) is 45.1 Å². The lowest BCUT2D eigenvalue weighted by molar-refractivity contribution is -0.138. The van der Waals surface area contributed by atoms with Crippen LogP contribution in [-0.2, 0) is 16.0 Å². The summed E-state index contributed by atoms with van der Waals surface area (Å²) in [6, 6.07) is 2.12. The van der Waals surface area contributed by atoms with Gasteiger partial charge in [-0.3, -0.25) is 19.4 Å². The number of carbonyl (C=O) groups excluding carboxylic acids is 2. The summed E-state index contributed by atoms with van der Waals surface area (Å²) in [5.41, 5.74) is 6.36. The summed E-state index contributed by atoms with van der Waals surface area (Å²) in [6.07, 6.45) is 4.21. The lowest BCUT2D eigenvalue weighted by atomic mass is 10.1. The van der Waals surface area contributed by atoms with Gasteiger partial charge < -0.3 is 10.8 Å². The van der Waals surface area contributed by atoms with E-state index in [0.717, 1.165) is 24.8 Å². The number of pyridine rings is 1. The monoisotopic (exact) mass is 322 g/mol. The van der Waals surface area contributed by atoms with E-state index < -0.39 is 23.8 Å². The van der Waals surface area contributed by atoms with E-state index in [2.05, 4.69) is 11.9 Å². The molecular formula is C15H22N4O4. The number of nitrogens with two attached hydrogens (primary N) is 2. The number of aliphatic carboxylic acids is 1. The number of imide groups is 1. The highest BCUT2D eigenvalue weighted by Crippen LogP contribution is 2.07. The van der Waals surface area contributed by atoms with Crippen molar-refractivity contribution in [1.82, 2.24) is 9.99 Å². The molecule has 23 heavy (non-hydrogen) atoms. The summed E-state index contributed by atoms with van der Waals surface area (Å²) < 4.78 is 0. The molecule has 5 N–H and O–H groups in total. The van der Waals surface area contributed by atoms with Crippen LogP contribution in [0.5, 0.6) is 0 Å². The van der Waals surface area contributed by atoms with E-state index >= 15 is 0 Å². The van der Waals surface area contributed by atoms with Gasteiger partial charge in [-0.25, -0.2) is 10.9 Å². The molecule has 1 rings (SSSR count). The van der Waals surface area contributed by atoms with Crippen LogP contribution >= 0.6 is 0 Å². The lowest BCUT2D eigenvalue weighted by Gasteiger charge is -2.15. The number of amides is 2. The first-order valence-corrected chi connectivity index (χ1v) is 7.42. The topological polar surface area (TPSA) is 140 Å². The number of aryl methyl sites for hydroxylation is 1. The molecule has 1 atom stereocenters. The van der Waals surface area contributed by atoms with Crippen molar-refractivity contribution in [1.29, 1.82) is 0 Å². The Hall–Kier alpha value is -2.32. The minimum atomic E-state index is -1.21. The Bertz CT molecular complexity index is 559. The van der Waals surface area contributed by atoms with Gasteiger partial charge in [-0.15, -0.1) is 0 Å². The summed E-state index contributed by atoms with van der Waals surface area (Å²) >= 11 is 0. The van der Waals surface area contributed by atoms with Crippen LogP contribution in [0.3, 0.4) is 0 Å². The third-order valence-electron chi connectivity index (χ3n) is 3.34. The van der Waals surface area contributed by atoms with Crippen LogP contribution in [0.1, 0.15) is 48.7 Å². The molecule has 0 aliphatic rings. The van der Waals surface area contributed by atoms with Gasteiger partial charge in [0, 0.05) is 12.6 Å². The van der Waals surface area contributed by atoms with Crippen molar-refractivity contribution in [3.05, 3.63) is 29.6 Å². The fraction of sp³-hybridized carbons (Fsp3) is 0.467. The van der Waals surface area contributed by atoms with Gasteiger partial charge in [-0.1, -0.05) is 19.4 Å². The molecule has 8 heteroatoms. The fourth-order valence-electron chi connectivity index (χ4n) is 1.84. The number of hydrogen-bond acceptors (Lipinski definition) is 6. The van der Waals surface area contributed by atoms with Gasteiger partial charge in [0.25, 0.3) is 5.91 Å². The van der Waals surface area contributed by atoms with Crippen LogP contribution in [0.15, 0.2) is 18.3 Å². The lowest BCUT2D eigenvalue weighted by Crippen LogP contribution is -2.43. The van der Waals surface area contributed by atoms with Gasteiger partial charge in [-0.05, 0) is 30.9 Å². The normalized spacial score (nSPS) is 11.8. The molecule has 0 aromatic carbocycles. The van der Waals surface area contributed by atoms with E-state index in [4.69, 9.17) is 16.7 Å². The number of carboxylic acid groups (broad SMARTS) is 1. The highest BCUT2D eigenvalue weighted by atomic mass is 16.4. The highest BCUT2D eigenvalue weighted by molar-refractivity contribution is 6.03. The number of hydrazine groups is 1. The van der Waals surface area contributed by atoms with Gasteiger partial charge in [0.1, 0.15) is 11.7 Å². The zero-order valence-corrected chi connectivity index (χ0v) is 13.1. The van der Waals surface area contributed by atoms with Crippen LogP contribution < -0.4 is 11.6 Å². The van der Waals surface area contributed by atoms with Crippen molar-refractivity contribution < 1.29 is 19.5 Å². The molecule has 0 bridgehead atoms. The second-order valence-corrected chi connectivity index (χ2v) is 5.21. The van der Waals surface area contributed by atoms with Gasteiger partial charge >= 0.3 is 5.97 Å². The maximum absolute atomic E-state index is 12.1. The smallest absolute Gasteiger partial charge is 0.320 e. The molecule has 1 aromatic rings. The van der Waals surface area contributed by atoms with E-state index in [1.54, 1.807) is 12.3 Å². The first-order valence-electron chi connectivity index (χ1n) is 7.42. The summed E-state index contributed by atoms with van der Waals surface area (Å²) in [4.78, 5) is 38.5. The summed E-state index contributed by atoms with van der Waals surface area (Å²) in [7, 11) is 0. The first kappa shape index (κ1) is 18.7. The quantitative estimate of drug-likeness (QED) is 0.359. The predicted octanol–water partition coefficient (Wildman–Crippen LogP) is 0.459. The number of carboxylic acids is 1. The second-order valence-electron chi connectivity index (χ2n) is 5.21. The highest BCUT2D eigenvalue weighted by Gasteiger charge is 2.22. The van der Waals surface area contributed by atoms with Crippen LogP contribution in [0, 0.1) is 0 Å². The largest absolute Gasteiger partial charge is 0.480 e. The molecule has 2 amide bonds. The van der Waals surface area contributed by atoms with Crippen LogP contribution in [0.4, 0.5) is 0 Å². The third-order valence-corrected chi connectivity index (χ3v) is 3.34. The van der Waals surface area contributed by atoms with Gasteiger partial charge in [0.2, 0.25) is 5.91 Å². The molecular weight excluding hydrogens is 300 g/mol. The number of nitrogens with zero attached hydrogens (tertiary/aromatic N) is 2. The molecule has 8 nitrogen and oxygen atoms in total. The number of rotatable bonds is 8. The van der Waals surface area contributed by atoms with E-state index in [1.807, 2.05) is 0 Å². The van der Waals surface area contributed by atoms with Crippen molar-refractivity contribution >= 4 is 17.8 Å². The average Bonchev–Trinajstić information content (AvgIpc) is 2.56. The molecule has 0 aliphatic heterocycles. The molecule has 1 aromatic heterocycles. The van der Waals surface area contributed by atoms with Gasteiger partial charge in [-0.2, -0.15) is 0 Å². The summed E-state index contributed by atoms with van der Waals surface area (Å²) in [5.74, 6) is 2.83. The Kier molecular flexibility index (Phi) is 7.30. The molecule has 126 valence electrons. The van der Waals surface area contributed by atoms with E-state index in [0.29, 0.717) is 5.01 Å². The average molecular weight is 322 g/mol. The Labute approximate surface area is 134 Å². The number of aromatic nitrogens is 1. The minimum Gasteiger partial charge on any atom is -0.480 e.